The number of amides is 1. The first-order valence-electron chi connectivity index (χ1n) is 5.05. The molecule has 80 valence electrons. The number of carbonyl (C=O) groups is 1. The highest BCUT2D eigenvalue weighted by Gasteiger charge is 2.53. The van der Waals surface area contributed by atoms with Crippen LogP contribution < -0.4 is 5.32 Å². The first kappa shape index (κ1) is 9.90. The molecule has 0 spiro atoms. The average Bonchev–Trinajstić information content (AvgIpc) is 2.56. The molecule has 1 heterocycles. The summed E-state index contributed by atoms with van der Waals surface area (Å²) >= 11 is 0. The van der Waals surface area contributed by atoms with E-state index in [0.717, 1.165) is 13.2 Å². The zero-order valence-electron chi connectivity index (χ0n) is 8.55. The first-order valence-corrected chi connectivity index (χ1v) is 5.05. The highest BCUT2D eigenvalue weighted by atomic mass is 19.1. The van der Waals surface area contributed by atoms with Crippen LogP contribution in [0.3, 0.4) is 0 Å². The summed E-state index contributed by atoms with van der Waals surface area (Å²) in [7, 11) is 0. The molecule has 1 aliphatic heterocycles. The van der Waals surface area contributed by atoms with Crippen LogP contribution in [0.1, 0.15) is 13.8 Å². The summed E-state index contributed by atoms with van der Waals surface area (Å²) in [5.41, 5.74) is -1.76. The van der Waals surface area contributed by atoms with Gasteiger partial charge in [0.15, 0.2) is 5.67 Å². The molecule has 1 aliphatic carbocycles. The third kappa shape index (κ3) is 1.75. The molecule has 1 saturated heterocycles. The van der Waals surface area contributed by atoms with E-state index >= 15 is 0 Å². The molecule has 0 aromatic carbocycles. The summed E-state index contributed by atoms with van der Waals surface area (Å²) in [6.07, 6.45) is 0. The monoisotopic (exact) mass is 201 g/mol. The Bertz CT molecular complexity index is 239. The van der Waals surface area contributed by atoms with Crippen molar-refractivity contribution in [2.75, 3.05) is 19.8 Å². The van der Waals surface area contributed by atoms with Crippen LogP contribution in [0.5, 0.6) is 0 Å². The van der Waals surface area contributed by atoms with Gasteiger partial charge in [-0.25, -0.2) is 4.39 Å². The van der Waals surface area contributed by atoms with Crippen molar-refractivity contribution in [2.45, 2.75) is 19.5 Å². The zero-order valence-corrected chi connectivity index (χ0v) is 8.55. The van der Waals surface area contributed by atoms with E-state index in [4.69, 9.17) is 4.74 Å². The van der Waals surface area contributed by atoms with Crippen molar-refractivity contribution in [3.05, 3.63) is 0 Å². The Morgan fingerprint density at radius 1 is 1.50 bits per heavy atom. The van der Waals surface area contributed by atoms with Gasteiger partial charge >= 0.3 is 0 Å². The lowest BCUT2D eigenvalue weighted by Crippen LogP contribution is -2.40. The second-order valence-corrected chi connectivity index (χ2v) is 4.71. The Morgan fingerprint density at radius 2 is 2.07 bits per heavy atom. The number of rotatable bonds is 3. The van der Waals surface area contributed by atoms with Gasteiger partial charge in [-0.15, -0.1) is 0 Å². The summed E-state index contributed by atoms with van der Waals surface area (Å²) in [4.78, 5) is 11.2. The molecule has 3 nitrogen and oxygen atoms in total. The molecule has 0 aromatic rings. The Morgan fingerprint density at radius 3 is 2.57 bits per heavy atom. The van der Waals surface area contributed by atoms with Crippen molar-refractivity contribution in [3.63, 3.8) is 0 Å². The molecule has 4 heteroatoms. The van der Waals surface area contributed by atoms with Crippen LogP contribution >= 0.6 is 0 Å². The van der Waals surface area contributed by atoms with Gasteiger partial charge in [0.05, 0.1) is 13.2 Å². The van der Waals surface area contributed by atoms with E-state index in [1.165, 1.54) is 13.8 Å². The minimum atomic E-state index is -1.76. The van der Waals surface area contributed by atoms with Crippen LogP contribution in [0, 0.1) is 17.8 Å². The highest BCUT2D eigenvalue weighted by Crippen LogP contribution is 2.50. The summed E-state index contributed by atoms with van der Waals surface area (Å²) in [6.45, 7) is 4.78. The molecule has 2 atom stereocenters. The lowest BCUT2D eigenvalue weighted by Gasteiger charge is -2.14. The van der Waals surface area contributed by atoms with Gasteiger partial charge in [-0.1, -0.05) is 0 Å². The number of ether oxygens (including phenoxy) is 1. The van der Waals surface area contributed by atoms with Crippen LogP contribution in [-0.2, 0) is 9.53 Å². The van der Waals surface area contributed by atoms with Crippen LogP contribution in [0.2, 0.25) is 0 Å². The van der Waals surface area contributed by atoms with Crippen molar-refractivity contribution in [1.82, 2.24) is 5.32 Å². The zero-order chi connectivity index (χ0) is 10.3. The molecular formula is C10H16FNO2. The Hall–Kier alpha value is -0.640. The average molecular weight is 201 g/mol. The molecule has 14 heavy (non-hydrogen) atoms. The van der Waals surface area contributed by atoms with Gasteiger partial charge in [0, 0.05) is 6.54 Å². The normalized spacial score (nSPS) is 35.2. The Labute approximate surface area is 83.0 Å². The molecular weight excluding hydrogens is 185 g/mol. The number of hydrogen-bond donors (Lipinski definition) is 1. The third-order valence-corrected chi connectivity index (χ3v) is 3.17. The fraction of sp³-hybridized carbons (Fsp3) is 0.900. The van der Waals surface area contributed by atoms with Gasteiger partial charge in [-0.3, -0.25) is 4.79 Å². The molecule has 2 unspecified atom stereocenters. The fourth-order valence-corrected chi connectivity index (χ4v) is 2.08. The lowest BCUT2D eigenvalue weighted by molar-refractivity contribution is -0.130. The summed E-state index contributed by atoms with van der Waals surface area (Å²) in [5.74, 6) is 1.23. The van der Waals surface area contributed by atoms with Crippen molar-refractivity contribution < 1.29 is 13.9 Å². The number of hydrogen-bond acceptors (Lipinski definition) is 2. The third-order valence-electron chi connectivity index (χ3n) is 3.17. The van der Waals surface area contributed by atoms with E-state index in [-0.39, 0.29) is 0 Å². The van der Waals surface area contributed by atoms with Crippen LogP contribution in [0.4, 0.5) is 4.39 Å². The van der Waals surface area contributed by atoms with E-state index < -0.39 is 11.6 Å². The maximum Gasteiger partial charge on any atom is 0.257 e. The van der Waals surface area contributed by atoms with Gasteiger partial charge in [-0.05, 0) is 31.6 Å². The van der Waals surface area contributed by atoms with E-state index in [9.17, 15) is 9.18 Å². The fourth-order valence-electron chi connectivity index (χ4n) is 2.08. The maximum atomic E-state index is 13.1. The lowest BCUT2D eigenvalue weighted by atomic mass is 10.1. The molecule has 1 amide bonds. The summed E-state index contributed by atoms with van der Waals surface area (Å²) < 4.78 is 18.3. The summed E-state index contributed by atoms with van der Waals surface area (Å²) in [6, 6.07) is 0. The predicted octanol–water partition coefficient (Wildman–Crippen LogP) is 0.743. The molecule has 0 radical (unpaired) electrons. The molecule has 0 aromatic heterocycles. The predicted molar refractivity (Wildman–Crippen MR) is 49.5 cm³/mol. The minimum absolute atomic E-state index is 0.511. The standard InChI is InChI=1S/C10H16FNO2/c1-10(2,11)9(13)12-3-6-7-4-14-5-8(6)7/h6-8H,3-5H2,1-2H3,(H,12,13). The van der Waals surface area contributed by atoms with Crippen molar-refractivity contribution in [2.24, 2.45) is 17.8 Å². The molecule has 0 bridgehead atoms. The van der Waals surface area contributed by atoms with E-state index in [1.54, 1.807) is 0 Å². The summed E-state index contributed by atoms with van der Waals surface area (Å²) in [5, 5.41) is 2.64. The van der Waals surface area contributed by atoms with Gasteiger partial charge in [0.1, 0.15) is 0 Å². The number of halogens is 1. The number of nitrogens with one attached hydrogen (secondary N) is 1. The second-order valence-electron chi connectivity index (χ2n) is 4.71. The Kier molecular flexibility index (Phi) is 2.26. The maximum absolute atomic E-state index is 13.1. The smallest absolute Gasteiger partial charge is 0.257 e. The minimum Gasteiger partial charge on any atom is -0.381 e. The highest BCUT2D eigenvalue weighted by molar-refractivity contribution is 5.84. The molecule has 2 aliphatic rings. The molecule has 2 fully saturated rings. The number of carbonyl (C=O) groups excluding carboxylic acids is 1. The van der Waals surface area contributed by atoms with Crippen LogP contribution in [0.25, 0.3) is 0 Å². The molecule has 1 saturated carbocycles. The van der Waals surface area contributed by atoms with E-state index in [0.29, 0.717) is 24.3 Å². The van der Waals surface area contributed by atoms with Crippen molar-refractivity contribution >= 4 is 5.91 Å². The molecule has 2 rings (SSSR count). The quantitative estimate of drug-likeness (QED) is 0.731. The van der Waals surface area contributed by atoms with Crippen molar-refractivity contribution in [1.29, 1.82) is 0 Å². The number of fused-ring (bicyclic) bond motifs is 1. The first-order chi connectivity index (χ1) is 6.50. The van der Waals surface area contributed by atoms with E-state index in [1.807, 2.05) is 0 Å². The van der Waals surface area contributed by atoms with Crippen LogP contribution in [0.15, 0.2) is 0 Å². The van der Waals surface area contributed by atoms with Gasteiger partial charge in [0.25, 0.3) is 5.91 Å². The molecule has 1 N–H and O–H groups in total. The second kappa shape index (κ2) is 3.19. The van der Waals surface area contributed by atoms with Crippen molar-refractivity contribution in [3.8, 4) is 0 Å². The topological polar surface area (TPSA) is 38.3 Å². The number of alkyl halides is 1. The van der Waals surface area contributed by atoms with E-state index in [2.05, 4.69) is 5.32 Å². The largest absolute Gasteiger partial charge is 0.381 e. The van der Waals surface area contributed by atoms with Gasteiger partial charge < -0.3 is 10.1 Å². The van der Waals surface area contributed by atoms with Gasteiger partial charge in [0.2, 0.25) is 0 Å². The Balaban J connectivity index is 1.72. The SMILES string of the molecule is CC(C)(F)C(=O)NCC1C2COCC12. The van der Waals surface area contributed by atoms with Crippen LogP contribution in [-0.4, -0.2) is 31.3 Å². The van der Waals surface area contributed by atoms with Gasteiger partial charge in [-0.2, -0.15) is 0 Å².